The predicted molar refractivity (Wildman–Crippen MR) is 134 cm³/mol. The maximum absolute atomic E-state index is 13.2. The molecule has 0 radical (unpaired) electrons. The molecule has 0 spiro atoms. The molecule has 1 heterocycles. The summed E-state index contributed by atoms with van der Waals surface area (Å²) < 4.78 is 11.0. The molecular weight excluding hydrogens is 514 g/mol. The summed E-state index contributed by atoms with van der Waals surface area (Å²) in [6.07, 6.45) is 0. The van der Waals surface area contributed by atoms with E-state index in [4.69, 9.17) is 9.47 Å². The van der Waals surface area contributed by atoms with Gasteiger partial charge in [-0.15, -0.1) is 0 Å². The van der Waals surface area contributed by atoms with Crippen LogP contribution in [0.2, 0.25) is 0 Å². The van der Waals surface area contributed by atoms with Gasteiger partial charge in [-0.25, -0.2) is 4.79 Å². The maximum Gasteiger partial charge on any atom is 0.337 e. The van der Waals surface area contributed by atoms with Crippen molar-refractivity contribution in [1.29, 1.82) is 0 Å². The maximum atomic E-state index is 13.2. The van der Waals surface area contributed by atoms with Gasteiger partial charge in [0.1, 0.15) is 11.5 Å². The fourth-order valence-corrected chi connectivity index (χ4v) is 4.23. The Morgan fingerprint density at radius 2 is 1.54 bits per heavy atom. The molecule has 35 heavy (non-hydrogen) atoms. The number of Topliss-reactive ketones (excluding diaryl/α,β-unsaturated/α-hetero) is 1. The van der Waals surface area contributed by atoms with Crippen LogP contribution in [0.4, 0.5) is 5.69 Å². The van der Waals surface area contributed by atoms with Crippen LogP contribution in [-0.2, 0) is 14.3 Å². The number of aliphatic hydroxyl groups is 1. The third-order valence-corrected chi connectivity index (χ3v) is 6.16. The van der Waals surface area contributed by atoms with Gasteiger partial charge in [0.2, 0.25) is 0 Å². The normalized spacial score (nSPS) is 16.9. The molecule has 3 aromatic rings. The Kier molecular flexibility index (Phi) is 7.02. The van der Waals surface area contributed by atoms with E-state index in [1.807, 2.05) is 6.92 Å². The highest BCUT2D eigenvalue weighted by atomic mass is 79.9. The van der Waals surface area contributed by atoms with Gasteiger partial charge in [0, 0.05) is 15.7 Å². The molecule has 0 aliphatic carbocycles. The minimum absolute atomic E-state index is 0.0482. The highest BCUT2D eigenvalue weighted by Gasteiger charge is 2.47. The quantitative estimate of drug-likeness (QED) is 0.200. The number of hydrogen-bond acceptors (Lipinski definition) is 6. The number of aliphatic hydroxyl groups excluding tert-OH is 1. The van der Waals surface area contributed by atoms with Gasteiger partial charge in [0.25, 0.3) is 11.7 Å². The van der Waals surface area contributed by atoms with Crippen molar-refractivity contribution in [2.45, 2.75) is 13.0 Å². The number of rotatable bonds is 6. The molecule has 1 aliphatic rings. The number of halogens is 1. The van der Waals surface area contributed by atoms with Gasteiger partial charge in [-0.2, -0.15) is 0 Å². The van der Waals surface area contributed by atoms with Crippen LogP contribution in [0, 0.1) is 0 Å². The highest BCUT2D eigenvalue weighted by molar-refractivity contribution is 9.10. The van der Waals surface area contributed by atoms with Crippen molar-refractivity contribution >= 4 is 45.0 Å². The number of ketones is 1. The van der Waals surface area contributed by atoms with Gasteiger partial charge in [-0.1, -0.05) is 28.1 Å². The average molecular weight is 536 g/mol. The summed E-state index contributed by atoms with van der Waals surface area (Å²) in [7, 11) is 1.29. The van der Waals surface area contributed by atoms with Crippen LogP contribution in [0.15, 0.2) is 82.8 Å². The molecule has 0 bridgehead atoms. The SMILES string of the molecule is CCOc1ccc(C(O)=C2C(=O)C(=O)N(c3ccc(Br)cc3)[C@H]2c2ccc(C(=O)OC)cc2)cc1. The summed E-state index contributed by atoms with van der Waals surface area (Å²) in [4.78, 5) is 39.7. The molecule has 3 aromatic carbocycles. The first-order valence-corrected chi connectivity index (χ1v) is 11.6. The van der Waals surface area contributed by atoms with Crippen LogP contribution in [0.25, 0.3) is 5.76 Å². The van der Waals surface area contributed by atoms with E-state index in [9.17, 15) is 19.5 Å². The van der Waals surface area contributed by atoms with Crippen LogP contribution in [0.3, 0.4) is 0 Å². The Hall–Kier alpha value is -3.91. The summed E-state index contributed by atoms with van der Waals surface area (Å²) in [5.74, 6) is -1.75. The number of carbonyl (C=O) groups is 3. The van der Waals surface area contributed by atoms with Crippen molar-refractivity contribution in [2.24, 2.45) is 0 Å². The zero-order chi connectivity index (χ0) is 25.1. The monoisotopic (exact) mass is 535 g/mol. The Morgan fingerprint density at radius 3 is 2.11 bits per heavy atom. The van der Waals surface area contributed by atoms with Crippen molar-refractivity contribution in [2.75, 3.05) is 18.6 Å². The Balaban J connectivity index is 1.87. The number of carbonyl (C=O) groups excluding carboxylic acids is 3. The second kappa shape index (κ2) is 10.1. The van der Waals surface area contributed by atoms with Crippen LogP contribution in [0.5, 0.6) is 5.75 Å². The van der Waals surface area contributed by atoms with Gasteiger partial charge < -0.3 is 14.6 Å². The number of methoxy groups -OCH3 is 1. The second-order valence-electron chi connectivity index (χ2n) is 7.72. The molecule has 1 atom stereocenters. The molecule has 1 aliphatic heterocycles. The molecule has 8 heteroatoms. The molecule has 0 unspecified atom stereocenters. The van der Waals surface area contributed by atoms with Gasteiger partial charge in [-0.05, 0) is 73.2 Å². The van der Waals surface area contributed by atoms with E-state index in [0.29, 0.717) is 34.7 Å². The number of amides is 1. The molecule has 0 aromatic heterocycles. The van der Waals surface area contributed by atoms with Crippen molar-refractivity contribution in [1.82, 2.24) is 0 Å². The van der Waals surface area contributed by atoms with Crippen molar-refractivity contribution in [3.63, 3.8) is 0 Å². The number of anilines is 1. The lowest BCUT2D eigenvalue weighted by Crippen LogP contribution is -2.29. The van der Waals surface area contributed by atoms with E-state index in [2.05, 4.69) is 15.9 Å². The first kappa shape index (κ1) is 24.2. The standard InChI is InChI=1S/C27H22BrNO6/c1-3-35-21-14-8-17(9-15-21)24(30)22-23(16-4-6-18(7-5-16)27(33)34-2)29(26(32)25(22)31)20-12-10-19(28)11-13-20/h4-15,23,30H,3H2,1-2H3/t23-/m0/s1. The highest BCUT2D eigenvalue weighted by Crippen LogP contribution is 2.42. The largest absolute Gasteiger partial charge is 0.507 e. The fraction of sp³-hybridized carbons (Fsp3) is 0.148. The van der Waals surface area contributed by atoms with E-state index in [1.165, 1.54) is 12.0 Å². The minimum atomic E-state index is -0.908. The van der Waals surface area contributed by atoms with Gasteiger partial charge in [0.05, 0.1) is 30.9 Å². The van der Waals surface area contributed by atoms with Crippen LogP contribution in [-0.4, -0.2) is 36.5 Å². The number of esters is 1. The van der Waals surface area contributed by atoms with E-state index in [1.54, 1.807) is 72.8 Å². The molecule has 0 saturated carbocycles. The Labute approximate surface area is 210 Å². The number of hydrogen-bond donors (Lipinski definition) is 1. The van der Waals surface area contributed by atoms with Gasteiger partial charge in [0.15, 0.2) is 0 Å². The van der Waals surface area contributed by atoms with Crippen molar-refractivity contribution in [3.8, 4) is 5.75 Å². The third kappa shape index (κ3) is 4.70. The smallest absolute Gasteiger partial charge is 0.337 e. The molecule has 7 nitrogen and oxygen atoms in total. The van der Waals surface area contributed by atoms with E-state index in [0.717, 1.165) is 4.47 Å². The number of benzene rings is 3. The summed E-state index contributed by atoms with van der Waals surface area (Å²) in [6, 6.07) is 19.1. The minimum Gasteiger partial charge on any atom is -0.507 e. The first-order chi connectivity index (χ1) is 16.8. The number of nitrogens with zero attached hydrogens (tertiary/aromatic N) is 1. The van der Waals surface area contributed by atoms with Crippen LogP contribution < -0.4 is 9.64 Å². The summed E-state index contributed by atoms with van der Waals surface area (Å²) in [5.41, 5.74) is 1.69. The average Bonchev–Trinajstić information content (AvgIpc) is 3.14. The van der Waals surface area contributed by atoms with Crippen molar-refractivity contribution < 1.29 is 29.0 Å². The van der Waals surface area contributed by atoms with Crippen LogP contribution >= 0.6 is 15.9 Å². The van der Waals surface area contributed by atoms with Crippen LogP contribution in [0.1, 0.15) is 34.5 Å². The van der Waals surface area contributed by atoms with E-state index < -0.39 is 23.7 Å². The molecule has 4 rings (SSSR count). The van der Waals surface area contributed by atoms with Gasteiger partial charge in [-0.3, -0.25) is 14.5 Å². The Bertz CT molecular complexity index is 1300. The molecule has 1 amide bonds. The zero-order valence-corrected chi connectivity index (χ0v) is 20.6. The summed E-state index contributed by atoms with van der Waals surface area (Å²) in [5, 5.41) is 11.2. The topological polar surface area (TPSA) is 93.1 Å². The molecule has 178 valence electrons. The van der Waals surface area contributed by atoms with Gasteiger partial charge >= 0.3 is 5.97 Å². The number of ether oxygens (including phenoxy) is 2. The zero-order valence-electron chi connectivity index (χ0n) is 19.0. The molecule has 1 fully saturated rings. The van der Waals surface area contributed by atoms with E-state index in [-0.39, 0.29) is 11.3 Å². The lowest BCUT2D eigenvalue weighted by Gasteiger charge is -2.25. The second-order valence-corrected chi connectivity index (χ2v) is 8.63. The lowest BCUT2D eigenvalue weighted by atomic mass is 9.94. The lowest BCUT2D eigenvalue weighted by molar-refractivity contribution is -0.132. The molecule has 1 N–H and O–H groups in total. The fourth-order valence-electron chi connectivity index (χ4n) is 3.97. The van der Waals surface area contributed by atoms with Crippen molar-refractivity contribution in [3.05, 3.63) is 99.5 Å². The molecular formula is C27H22BrNO6. The summed E-state index contributed by atoms with van der Waals surface area (Å²) >= 11 is 3.38. The Morgan fingerprint density at radius 1 is 0.943 bits per heavy atom. The first-order valence-electron chi connectivity index (χ1n) is 10.8. The predicted octanol–water partition coefficient (Wildman–Crippen LogP) is 5.26. The third-order valence-electron chi connectivity index (χ3n) is 5.64. The van der Waals surface area contributed by atoms with E-state index >= 15 is 0 Å². The molecule has 1 saturated heterocycles. The summed E-state index contributed by atoms with van der Waals surface area (Å²) in [6.45, 7) is 2.36.